The van der Waals surface area contributed by atoms with Crippen molar-refractivity contribution in [2.45, 2.75) is 64.8 Å². The normalized spacial score (nSPS) is 39.7. The van der Waals surface area contributed by atoms with Crippen LogP contribution in [0.25, 0.3) is 0 Å². The number of hydrogen-bond acceptors (Lipinski definition) is 2. The number of nitrogens with two attached hydrogens (primary N) is 1. The van der Waals surface area contributed by atoms with E-state index in [0.29, 0.717) is 5.41 Å². The lowest BCUT2D eigenvalue weighted by atomic mass is 9.69. The SMILES string of the molecule is CCC1CCCN1CC1(CN)CCCC(C)C1. The molecule has 2 rings (SSSR count). The summed E-state index contributed by atoms with van der Waals surface area (Å²) in [4.78, 5) is 2.74. The number of likely N-dealkylation sites (tertiary alicyclic amines) is 1. The molecule has 1 heterocycles. The highest BCUT2D eigenvalue weighted by Gasteiger charge is 2.37. The molecule has 1 aliphatic heterocycles. The standard InChI is InChI=1S/C15H30N2/c1-3-14-7-5-9-17(14)12-15(11-16)8-4-6-13(2)10-15/h13-14H,3-12,16H2,1-2H3. The van der Waals surface area contributed by atoms with Gasteiger partial charge in [0, 0.05) is 12.6 Å². The zero-order chi connectivity index (χ0) is 12.3. The van der Waals surface area contributed by atoms with E-state index in [9.17, 15) is 0 Å². The molecule has 100 valence electrons. The summed E-state index contributed by atoms with van der Waals surface area (Å²) in [5, 5.41) is 0. The Morgan fingerprint density at radius 1 is 1.29 bits per heavy atom. The summed E-state index contributed by atoms with van der Waals surface area (Å²) in [5.41, 5.74) is 6.58. The molecule has 0 spiro atoms. The van der Waals surface area contributed by atoms with E-state index in [-0.39, 0.29) is 0 Å². The minimum absolute atomic E-state index is 0.440. The van der Waals surface area contributed by atoms with Crippen molar-refractivity contribution in [2.24, 2.45) is 17.1 Å². The molecule has 2 heteroatoms. The van der Waals surface area contributed by atoms with Gasteiger partial charge < -0.3 is 5.73 Å². The summed E-state index contributed by atoms with van der Waals surface area (Å²) in [5.74, 6) is 0.884. The molecule has 1 saturated heterocycles. The van der Waals surface area contributed by atoms with Crippen molar-refractivity contribution >= 4 is 0 Å². The van der Waals surface area contributed by atoms with Gasteiger partial charge in [0.15, 0.2) is 0 Å². The predicted octanol–water partition coefficient (Wildman–Crippen LogP) is 3.02. The molecular weight excluding hydrogens is 208 g/mol. The Morgan fingerprint density at radius 3 is 2.76 bits per heavy atom. The van der Waals surface area contributed by atoms with Crippen molar-refractivity contribution in [3.8, 4) is 0 Å². The summed E-state index contributed by atoms with van der Waals surface area (Å²) < 4.78 is 0. The van der Waals surface area contributed by atoms with E-state index < -0.39 is 0 Å². The van der Waals surface area contributed by atoms with E-state index in [2.05, 4.69) is 18.7 Å². The summed E-state index contributed by atoms with van der Waals surface area (Å²) in [6.07, 6.45) is 9.65. The Balaban J connectivity index is 1.98. The Hall–Kier alpha value is -0.0800. The third-order valence-electron chi connectivity index (χ3n) is 5.13. The van der Waals surface area contributed by atoms with Crippen LogP contribution < -0.4 is 5.73 Å². The lowest BCUT2D eigenvalue weighted by Crippen LogP contribution is -2.46. The van der Waals surface area contributed by atoms with E-state index in [4.69, 9.17) is 5.73 Å². The van der Waals surface area contributed by atoms with Gasteiger partial charge in [-0.25, -0.2) is 0 Å². The highest BCUT2D eigenvalue weighted by atomic mass is 15.2. The molecule has 0 bridgehead atoms. The van der Waals surface area contributed by atoms with Crippen LogP contribution in [0.4, 0.5) is 0 Å². The van der Waals surface area contributed by atoms with Crippen molar-refractivity contribution < 1.29 is 0 Å². The van der Waals surface area contributed by atoms with E-state index in [0.717, 1.165) is 18.5 Å². The molecule has 3 unspecified atom stereocenters. The van der Waals surface area contributed by atoms with Crippen molar-refractivity contribution in [2.75, 3.05) is 19.6 Å². The van der Waals surface area contributed by atoms with Gasteiger partial charge in [-0.05, 0) is 56.5 Å². The second-order valence-corrected chi connectivity index (χ2v) is 6.58. The van der Waals surface area contributed by atoms with Gasteiger partial charge in [0.1, 0.15) is 0 Å². The van der Waals surface area contributed by atoms with Gasteiger partial charge in [-0.2, -0.15) is 0 Å². The van der Waals surface area contributed by atoms with Crippen LogP contribution in [0.5, 0.6) is 0 Å². The van der Waals surface area contributed by atoms with Gasteiger partial charge in [0.25, 0.3) is 0 Å². The van der Waals surface area contributed by atoms with E-state index in [1.807, 2.05) is 0 Å². The molecule has 2 N–H and O–H groups in total. The van der Waals surface area contributed by atoms with Crippen LogP contribution in [0.2, 0.25) is 0 Å². The average Bonchev–Trinajstić information content (AvgIpc) is 2.76. The Kier molecular flexibility index (Phi) is 4.48. The summed E-state index contributed by atoms with van der Waals surface area (Å²) in [6, 6.07) is 0.843. The van der Waals surface area contributed by atoms with Crippen LogP contribution in [0.15, 0.2) is 0 Å². The first-order valence-electron chi connectivity index (χ1n) is 7.63. The highest BCUT2D eigenvalue weighted by molar-refractivity contribution is 4.91. The van der Waals surface area contributed by atoms with Gasteiger partial charge in [-0.1, -0.05) is 26.7 Å². The van der Waals surface area contributed by atoms with Crippen LogP contribution in [0.3, 0.4) is 0 Å². The van der Waals surface area contributed by atoms with Gasteiger partial charge in [-0.3, -0.25) is 4.90 Å². The van der Waals surface area contributed by atoms with Crippen LogP contribution >= 0.6 is 0 Å². The molecule has 2 nitrogen and oxygen atoms in total. The molecule has 0 aromatic heterocycles. The molecule has 0 amide bonds. The van der Waals surface area contributed by atoms with E-state index in [1.54, 1.807) is 0 Å². The lowest BCUT2D eigenvalue weighted by Gasteiger charge is -2.43. The smallest absolute Gasteiger partial charge is 0.00933 e. The Morgan fingerprint density at radius 2 is 2.12 bits per heavy atom. The maximum absolute atomic E-state index is 6.14. The van der Waals surface area contributed by atoms with Crippen molar-refractivity contribution in [3.05, 3.63) is 0 Å². The molecule has 2 aliphatic rings. The van der Waals surface area contributed by atoms with Gasteiger partial charge >= 0.3 is 0 Å². The van der Waals surface area contributed by atoms with E-state index in [1.165, 1.54) is 58.0 Å². The molecule has 1 saturated carbocycles. The second kappa shape index (κ2) is 5.71. The first-order valence-corrected chi connectivity index (χ1v) is 7.63. The summed E-state index contributed by atoms with van der Waals surface area (Å²) >= 11 is 0. The molecule has 1 aliphatic carbocycles. The Bertz CT molecular complexity index is 241. The maximum atomic E-state index is 6.14. The fourth-order valence-corrected chi connectivity index (χ4v) is 4.16. The molecule has 17 heavy (non-hydrogen) atoms. The first kappa shape index (κ1) is 13.4. The third kappa shape index (κ3) is 3.03. The van der Waals surface area contributed by atoms with Crippen molar-refractivity contribution in [3.63, 3.8) is 0 Å². The monoisotopic (exact) mass is 238 g/mol. The number of nitrogens with zero attached hydrogens (tertiary/aromatic N) is 1. The number of rotatable bonds is 4. The Labute approximate surface area is 107 Å². The van der Waals surface area contributed by atoms with E-state index >= 15 is 0 Å². The number of hydrogen-bond donors (Lipinski definition) is 1. The van der Waals surface area contributed by atoms with Crippen molar-refractivity contribution in [1.82, 2.24) is 4.90 Å². The van der Waals surface area contributed by atoms with Crippen LogP contribution in [-0.2, 0) is 0 Å². The molecule has 0 aromatic carbocycles. The minimum atomic E-state index is 0.440. The second-order valence-electron chi connectivity index (χ2n) is 6.58. The first-order chi connectivity index (χ1) is 8.19. The van der Waals surface area contributed by atoms with Gasteiger partial charge in [-0.15, -0.1) is 0 Å². The van der Waals surface area contributed by atoms with Crippen LogP contribution in [0.1, 0.15) is 58.8 Å². The zero-order valence-electron chi connectivity index (χ0n) is 11.8. The summed E-state index contributed by atoms with van der Waals surface area (Å²) in [7, 11) is 0. The molecule has 0 aromatic rings. The molecule has 3 atom stereocenters. The fraction of sp³-hybridized carbons (Fsp3) is 1.00. The highest BCUT2D eigenvalue weighted by Crippen LogP contribution is 2.40. The van der Waals surface area contributed by atoms with Gasteiger partial charge in [0.05, 0.1) is 0 Å². The maximum Gasteiger partial charge on any atom is 0.00933 e. The molecule has 2 fully saturated rings. The van der Waals surface area contributed by atoms with Crippen LogP contribution in [0, 0.1) is 11.3 Å². The molecular formula is C15H30N2. The topological polar surface area (TPSA) is 29.3 Å². The zero-order valence-corrected chi connectivity index (χ0v) is 11.8. The average molecular weight is 238 g/mol. The van der Waals surface area contributed by atoms with Crippen LogP contribution in [-0.4, -0.2) is 30.6 Å². The lowest BCUT2D eigenvalue weighted by molar-refractivity contribution is 0.0809. The van der Waals surface area contributed by atoms with Gasteiger partial charge in [0.2, 0.25) is 0 Å². The predicted molar refractivity (Wildman–Crippen MR) is 74.0 cm³/mol. The quantitative estimate of drug-likeness (QED) is 0.816. The molecule has 0 radical (unpaired) electrons. The largest absolute Gasteiger partial charge is 0.330 e. The minimum Gasteiger partial charge on any atom is -0.330 e. The summed E-state index contributed by atoms with van der Waals surface area (Å²) in [6.45, 7) is 8.22. The van der Waals surface area contributed by atoms with Crippen molar-refractivity contribution in [1.29, 1.82) is 0 Å². The fourth-order valence-electron chi connectivity index (χ4n) is 4.16. The third-order valence-corrected chi connectivity index (χ3v) is 5.13.